The summed E-state index contributed by atoms with van der Waals surface area (Å²) in [4.78, 5) is 56.0. The van der Waals surface area contributed by atoms with Crippen LogP contribution in [0.4, 0.5) is 5.13 Å². The van der Waals surface area contributed by atoms with E-state index < -0.39 is 35.1 Å². The molecule has 0 radical (unpaired) electrons. The van der Waals surface area contributed by atoms with Crippen LogP contribution in [0.2, 0.25) is 0 Å². The Morgan fingerprint density at radius 1 is 1.47 bits per heavy atom. The zero-order valence-electron chi connectivity index (χ0n) is 15.8. The Bertz CT molecular complexity index is 874. The monoisotopic (exact) mass is 475 g/mol. The van der Waals surface area contributed by atoms with E-state index in [2.05, 4.69) is 26.1 Å². The van der Waals surface area contributed by atoms with E-state index in [4.69, 9.17) is 21.2 Å². The lowest BCUT2D eigenvalue weighted by Crippen LogP contribution is -2.68. The Labute approximate surface area is 184 Å². The molecule has 1 aromatic heterocycles. The number of ether oxygens (including phenoxy) is 1. The van der Waals surface area contributed by atoms with Crippen molar-refractivity contribution < 1.29 is 28.8 Å². The van der Waals surface area contributed by atoms with E-state index in [9.17, 15) is 19.2 Å². The lowest BCUT2D eigenvalue weighted by atomic mass is 10.1. The second-order valence-corrected chi connectivity index (χ2v) is 7.59. The summed E-state index contributed by atoms with van der Waals surface area (Å²) < 4.78 is 4.76. The topological polar surface area (TPSA) is 148 Å². The molecule has 0 bridgehead atoms. The van der Waals surface area contributed by atoms with Crippen molar-refractivity contribution in [2.75, 3.05) is 24.9 Å². The second-order valence-electron chi connectivity index (χ2n) is 5.41. The van der Waals surface area contributed by atoms with Crippen LogP contribution < -0.4 is 16.0 Å². The summed E-state index contributed by atoms with van der Waals surface area (Å²) in [7, 11) is 1.25. The number of thiazole rings is 1. The van der Waals surface area contributed by atoms with E-state index in [0.29, 0.717) is 0 Å². The number of amides is 3. The number of rotatable bonds is 10. The lowest BCUT2D eigenvalue weighted by molar-refractivity contribution is -0.137. The number of halogens is 1. The van der Waals surface area contributed by atoms with Crippen molar-refractivity contribution >= 4 is 69.2 Å². The average molecular weight is 476 g/mol. The summed E-state index contributed by atoms with van der Waals surface area (Å²) >= 11 is 7.63. The molecule has 1 aliphatic heterocycles. The minimum absolute atomic E-state index is 0.148. The van der Waals surface area contributed by atoms with E-state index in [0.717, 1.165) is 23.1 Å². The number of hydrogen-bond acceptors (Lipinski definition) is 10. The van der Waals surface area contributed by atoms with E-state index in [1.165, 1.54) is 24.0 Å². The van der Waals surface area contributed by atoms with Gasteiger partial charge in [0.05, 0.1) is 6.61 Å². The number of nitrogens with one attached hydrogen (secondary N) is 3. The van der Waals surface area contributed by atoms with Gasteiger partial charge in [-0.3, -0.25) is 14.4 Å². The highest BCUT2D eigenvalue weighted by atomic mass is 35.5. The molecular weight excluding hydrogens is 458 g/mol. The number of carbonyl (C=O) groups is 4. The predicted octanol–water partition coefficient (Wildman–Crippen LogP) is 0.422. The van der Waals surface area contributed by atoms with Crippen molar-refractivity contribution in [3.63, 3.8) is 0 Å². The van der Waals surface area contributed by atoms with Crippen molar-refractivity contribution in [3.05, 3.63) is 22.6 Å². The van der Waals surface area contributed by atoms with Crippen LogP contribution in [0.15, 0.2) is 22.0 Å². The molecule has 0 spiro atoms. The van der Waals surface area contributed by atoms with Crippen LogP contribution >= 0.6 is 34.7 Å². The average Bonchev–Trinajstić information content (AvgIpc) is 3.17. The fraction of sp³-hybridized carbons (Fsp3) is 0.375. The SMILES string of the molecule is CCOC(=O)C=CS[C@H]1NC(=O)[C@H]1NC(=O)C(=NOC)c1csc(NC(=O)CCl)n1. The maximum absolute atomic E-state index is 12.6. The van der Waals surface area contributed by atoms with Crippen LogP contribution in [0.5, 0.6) is 0 Å². The normalized spacial score (nSPS) is 18.4. The summed E-state index contributed by atoms with van der Waals surface area (Å²) in [6.07, 6.45) is 1.22. The van der Waals surface area contributed by atoms with Gasteiger partial charge in [-0.05, 0) is 12.3 Å². The molecule has 0 unspecified atom stereocenters. The zero-order chi connectivity index (χ0) is 22.1. The third-order valence-electron chi connectivity index (χ3n) is 3.38. The molecule has 162 valence electrons. The quantitative estimate of drug-likeness (QED) is 0.110. The summed E-state index contributed by atoms with van der Waals surface area (Å²) in [5.74, 6) is -2.29. The minimum atomic E-state index is -0.856. The van der Waals surface area contributed by atoms with Crippen LogP contribution in [0.3, 0.4) is 0 Å². The summed E-state index contributed by atoms with van der Waals surface area (Å²) in [5.41, 5.74) is -0.0268. The van der Waals surface area contributed by atoms with E-state index in [1.807, 2.05) is 0 Å². The van der Waals surface area contributed by atoms with Crippen LogP contribution in [0.25, 0.3) is 0 Å². The van der Waals surface area contributed by atoms with Crippen LogP contribution in [-0.2, 0) is 28.8 Å². The molecule has 1 aromatic rings. The van der Waals surface area contributed by atoms with Crippen LogP contribution in [0.1, 0.15) is 12.6 Å². The Morgan fingerprint density at radius 3 is 2.87 bits per heavy atom. The number of nitrogens with zero attached hydrogens (tertiary/aromatic N) is 2. The highest BCUT2D eigenvalue weighted by Crippen LogP contribution is 2.22. The number of aromatic nitrogens is 1. The predicted molar refractivity (Wildman–Crippen MR) is 112 cm³/mol. The lowest BCUT2D eigenvalue weighted by Gasteiger charge is -2.35. The molecule has 11 nitrogen and oxygen atoms in total. The Morgan fingerprint density at radius 2 is 2.23 bits per heavy atom. The number of oxime groups is 1. The van der Waals surface area contributed by atoms with E-state index in [-0.39, 0.29) is 29.0 Å². The number of alkyl halides is 1. The first-order valence-corrected chi connectivity index (χ1v) is 10.8. The van der Waals surface area contributed by atoms with Crippen LogP contribution in [0, 0.1) is 0 Å². The first-order chi connectivity index (χ1) is 14.4. The molecule has 1 fully saturated rings. The molecule has 1 saturated heterocycles. The number of hydrogen-bond donors (Lipinski definition) is 3. The van der Waals surface area contributed by atoms with Crippen molar-refractivity contribution in [1.82, 2.24) is 15.6 Å². The van der Waals surface area contributed by atoms with Gasteiger partial charge in [0, 0.05) is 11.5 Å². The van der Waals surface area contributed by atoms with Crippen molar-refractivity contribution in [2.24, 2.45) is 5.16 Å². The fourth-order valence-corrected chi connectivity index (χ4v) is 3.75. The molecule has 1 aliphatic rings. The largest absolute Gasteiger partial charge is 0.463 e. The van der Waals surface area contributed by atoms with Crippen molar-refractivity contribution in [2.45, 2.75) is 18.3 Å². The summed E-state index contributed by atoms with van der Waals surface area (Å²) in [6.45, 7) is 1.94. The molecule has 0 aromatic carbocycles. The zero-order valence-corrected chi connectivity index (χ0v) is 18.2. The molecule has 0 saturated carbocycles. The first kappa shape index (κ1) is 23.6. The Hall–Kier alpha value is -2.64. The van der Waals surface area contributed by atoms with Gasteiger partial charge in [-0.15, -0.1) is 34.7 Å². The number of carbonyl (C=O) groups excluding carboxylic acids is 4. The number of thioether (sulfide) groups is 1. The molecule has 3 N–H and O–H groups in total. The second kappa shape index (κ2) is 11.5. The molecule has 30 heavy (non-hydrogen) atoms. The molecular formula is C16H18ClN5O6S2. The minimum Gasteiger partial charge on any atom is -0.463 e. The maximum Gasteiger partial charge on any atom is 0.331 e. The molecule has 2 heterocycles. The Balaban J connectivity index is 2.02. The fourth-order valence-electron chi connectivity index (χ4n) is 2.08. The Kier molecular flexibility index (Phi) is 9.08. The molecule has 0 aliphatic carbocycles. The van der Waals surface area contributed by atoms with Gasteiger partial charge in [-0.25, -0.2) is 9.78 Å². The maximum atomic E-state index is 12.6. The van der Waals surface area contributed by atoms with Crippen molar-refractivity contribution in [1.29, 1.82) is 0 Å². The van der Waals surface area contributed by atoms with E-state index >= 15 is 0 Å². The van der Waals surface area contributed by atoms with Gasteiger partial charge in [0.15, 0.2) is 10.8 Å². The molecule has 2 atom stereocenters. The number of β-lactam (4-membered cyclic amide) rings is 1. The molecule has 3 amide bonds. The van der Waals surface area contributed by atoms with Gasteiger partial charge in [0.2, 0.25) is 11.8 Å². The third-order valence-corrected chi connectivity index (χ3v) is 5.36. The van der Waals surface area contributed by atoms with E-state index in [1.54, 1.807) is 6.92 Å². The van der Waals surface area contributed by atoms with Gasteiger partial charge < -0.3 is 25.5 Å². The summed E-state index contributed by atoms with van der Waals surface area (Å²) in [6, 6.07) is -0.856. The highest BCUT2D eigenvalue weighted by molar-refractivity contribution is 8.02. The van der Waals surface area contributed by atoms with Gasteiger partial charge in [-0.2, -0.15) is 0 Å². The highest BCUT2D eigenvalue weighted by Gasteiger charge is 2.41. The van der Waals surface area contributed by atoms with Crippen LogP contribution in [-0.4, -0.2) is 65.4 Å². The summed E-state index contributed by atoms with van der Waals surface area (Å²) in [5, 5.41) is 14.0. The van der Waals surface area contributed by atoms with Gasteiger partial charge in [0.1, 0.15) is 30.1 Å². The van der Waals surface area contributed by atoms with Crippen molar-refractivity contribution in [3.8, 4) is 0 Å². The molecule has 2 rings (SSSR count). The molecule has 14 heteroatoms. The third kappa shape index (κ3) is 6.43. The number of anilines is 1. The van der Waals surface area contributed by atoms with Gasteiger partial charge >= 0.3 is 5.97 Å². The number of esters is 1. The van der Waals surface area contributed by atoms with Gasteiger partial charge in [-0.1, -0.05) is 5.16 Å². The first-order valence-electron chi connectivity index (χ1n) is 8.42. The standard InChI is InChI=1S/C16H18ClN5O6S2/c1-3-28-10(24)4-5-29-15-12(14(26)21-15)20-13(25)11(22-27-2)8-7-30-16(18-8)19-9(23)6-17/h4-5,7,12,15H,3,6H2,1-2H3,(H,20,25)(H,21,26)(H,18,19,23)/t12-,15-/m1/s1. The smallest absolute Gasteiger partial charge is 0.331 e. The van der Waals surface area contributed by atoms with Gasteiger partial charge in [0.25, 0.3) is 5.91 Å².